The second-order valence-corrected chi connectivity index (χ2v) is 6.07. The molecular formula is C16H20ClN5. The first-order valence-corrected chi connectivity index (χ1v) is 7.85. The topological polar surface area (TPSA) is 67.0 Å². The molecule has 0 spiro atoms. The first-order chi connectivity index (χ1) is 10.5. The van der Waals surface area contributed by atoms with E-state index in [1.807, 2.05) is 6.92 Å². The largest absolute Gasteiger partial charge is 0.355 e. The fourth-order valence-electron chi connectivity index (χ4n) is 3.00. The van der Waals surface area contributed by atoms with Crippen LogP contribution in [0.1, 0.15) is 36.5 Å². The number of hydrogen-bond donors (Lipinski definition) is 0. The summed E-state index contributed by atoms with van der Waals surface area (Å²) in [4.78, 5) is 8.70. The van der Waals surface area contributed by atoms with Crippen LogP contribution in [0.5, 0.6) is 0 Å². The monoisotopic (exact) mass is 317 g/mol. The molecular weight excluding hydrogens is 298 g/mol. The third kappa shape index (κ3) is 3.02. The van der Waals surface area contributed by atoms with Crippen molar-refractivity contribution >= 4 is 17.4 Å². The predicted molar refractivity (Wildman–Crippen MR) is 87.0 cm³/mol. The Kier molecular flexibility index (Phi) is 5.24. The summed E-state index contributed by atoms with van der Waals surface area (Å²) in [5.74, 6) is 0.626. The fraction of sp³-hybridized carbons (Fsp3) is 0.562. The lowest BCUT2D eigenvalue weighted by atomic mass is 9.99. The third-order valence-electron chi connectivity index (χ3n) is 4.31. The molecule has 1 aliphatic rings. The number of nitriles is 2. The lowest BCUT2D eigenvalue weighted by Crippen LogP contribution is -2.42. The third-order valence-corrected chi connectivity index (χ3v) is 4.58. The van der Waals surface area contributed by atoms with Crippen molar-refractivity contribution in [2.24, 2.45) is 0 Å². The van der Waals surface area contributed by atoms with E-state index in [0.29, 0.717) is 35.0 Å². The normalized spacial score (nSPS) is 15.7. The van der Waals surface area contributed by atoms with Crippen molar-refractivity contribution in [3.05, 3.63) is 21.8 Å². The van der Waals surface area contributed by atoms with Crippen molar-refractivity contribution in [3.8, 4) is 12.1 Å². The summed E-state index contributed by atoms with van der Waals surface area (Å²) >= 11 is 6.16. The highest BCUT2D eigenvalue weighted by Crippen LogP contribution is 2.31. The van der Waals surface area contributed by atoms with E-state index in [9.17, 15) is 10.5 Å². The van der Waals surface area contributed by atoms with Crippen LogP contribution in [-0.2, 0) is 6.42 Å². The zero-order chi connectivity index (χ0) is 16.3. The van der Waals surface area contributed by atoms with Crippen LogP contribution in [0.15, 0.2) is 0 Å². The first kappa shape index (κ1) is 16.5. The molecule has 1 saturated heterocycles. The molecule has 0 radical (unpaired) electrons. The Morgan fingerprint density at radius 3 is 2.27 bits per heavy atom. The minimum absolute atomic E-state index is 0.197. The summed E-state index contributed by atoms with van der Waals surface area (Å²) in [6.45, 7) is 3.61. The van der Waals surface area contributed by atoms with E-state index in [1.165, 1.54) is 0 Å². The molecule has 0 amide bonds. The molecule has 6 heteroatoms. The molecule has 0 N–H and O–H groups in total. The molecule has 0 unspecified atom stereocenters. The van der Waals surface area contributed by atoms with Gasteiger partial charge in [-0.15, -0.1) is 0 Å². The molecule has 2 rings (SSSR count). The van der Waals surface area contributed by atoms with Gasteiger partial charge in [0.15, 0.2) is 0 Å². The molecule has 22 heavy (non-hydrogen) atoms. The number of nitrogens with zero attached hydrogens (tertiary/aromatic N) is 5. The second-order valence-electron chi connectivity index (χ2n) is 5.71. The van der Waals surface area contributed by atoms with Crippen LogP contribution in [0, 0.1) is 22.7 Å². The number of hydrogen-bond acceptors (Lipinski definition) is 5. The standard InChI is InChI=1S/C16H20ClN5/c1-4-12-13(9-18)15(17)20-16(14(12)10-19)22-7-5-11(6-8-22)21(2)3/h11H,4-8H2,1-3H3. The van der Waals surface area contributed by atoms with Crippen molar-refractivity contribution in [3.63, 3.8) is 0 Å². The average molecular weight is 318 g/mol. The van der Waals surface area contributed by atoms with Gasteiger partial charge in [-0.2, -0.15) is 10.5 Å². The highest BCUT2D eigenvalue weighted by Gasteiger charge is 2.26. The van der Waals surface area contributed by atoms with Crippen LogP contribution in [0.2, 0.25) is 5.15 Å². The van der Waals surface area contributed by atoms with Crippen LogP contribution in [0.25, 0.3) is 0 Å². The molecule has 1 aliphatic heterocycles. The van der Waals surface area contributed by atoms with E-state index >= 15 is 0 Å². The van der Waals surface area contributed by atoms with Crippen molar-refractivity contribution in [1.29, 1.82) is 10.5 Å². The van der Waals surface area contributed by atoms with E-state index in [0.717, 1.165) is 25.9 Å². The molecule has 1 fully saturated rings. The van der Waals surface area contributed by atoms with Gasteiger partial charge < -0.3 is 9.80 Å². The van der Waals surface area contributed by atoms with Crippen LogP contribution in [-0.4, -0.2) is 43.1 Å². The SMILES string of the molecule is CCc1c(C#N)c(Cl)nc(N2CCC(N(C)C)CC2)c1C#N. The van der Waals surface area contributed by atoms with E-state index < -0.39 is 0 Å². The molecule has 1 aromatic heterocycles. The maximum Gasteiger partial charge on any atom is 0.149 e. The van der Waals surface area contributed by atoms with E-state index in [-0.39, 0.29) is 5.15 Å². The van der Waals surface area contributed by atoms with Crippen molar-refractivity contribution in [2.75, 3.05) is 32.1 Å². The summed E-state index contributed by atoms with van der Waals surface area (Å²) in [6.07, 6.45) is 2.65. The van der Waals surface area contributed by atoms with Crippen LogP contribution in [0.4, 0.5) is 5.82 Å². The summed E-state index contributed by atoms with van der Waals surface area (Å²) < 4.78 is 0. The Morgan fingerprint density at radius 2 is 1.82 bits per heavy atom. The number of rotatable bonds is 3. The number of pyridine rings is 1. The maximum absolute atomic E-state index is 9.53. The molecule has 5 nitrogen and oxygen atoms in total. The van der Waals surface area contributed by atoms with E-state index in [2.05, 4.69) is 41.0 Å². The zero-order valence-corrected chi connectivity index (χ0v) is 14.0. The average Bonchev–Trinajstić information content (AvgIpc) is 2.53. The van der Waals surface area contributed by atoms with Gasteiger partial charge in [0.1, 0.15) is 23.1 Å². The van der Waals surface area contributed by atoms with Gasteiger partial charge in [0.05, 0.1) is 11.1 Å². The van der Waals surface area contributed by atoms with Gasteiger partial charge in [0.2, 0.25) is 0 Å². The summed E-state index contributed by atoms with van der Waals surface area (Å²) in [6, 6.07) is 4.85. The highest BCUT2D eigenvalue weighted by molar-refractivity contribution is 6.30. The Hall–Kier alpha value is -1.82. The Labute approximate surface area is 136 Å². The van der Waals surface area contributed by atoms with Crippen LogP contribution >= 0.6 is 11.6 Å². The summed E-state index contributed by atoms with van der Waals surface area (Å²) in [5, 5.41) is 19.0. The summed E-state index contributed by atoms with van der Waals surface area (Å²) in [7, 11) is 4.18. The lowest BCUT2D eigenvalue weighted by molar-refractivity contribution is 0.249. The van der Waals surface area contributed by atoms with E-state index in [1.54, 1.807) is 0 Å². The maximum atomic E-state index is 9.53. The van der Waals surface area contributed by atoms with Gasteiger partial charge in [-0.25, -0.2) is 4.98 Å². The Balaban J connectivity index is 2.39. The number of aromatic nitrogens is 1. The fourth-order valence-corrected chi connectivity index (χ4v) is 3.23. The predicted octanol–water partition coefficient (Wildman–Crippen LogP) is 2.57. The number of halogens is 1. The Bertz CT molecular complexity index is 633. The van der Waals surface area contributed by atoms with Crippen LogP contribution in [0.3, 0.4) is 0 Å². The van der Waals surface area contributed by atoms with Gasteiger partial charge in [-0.3, -0.25) is 0 Å². The smallest absolute Gasteiger partial charge is 0.149 e. The van der Waals surface area contributed by atoms with Crippen molar-refractivity contribution < 1.29 is 0 Å². The molecule has 0 atom stereocenters. The number of piperidine rings is 1. The molecule has 0 aliphatic carbocycles. The second kappa shape index (κ2) is 6.96. The molecule has 0 aromatic carbocycles. The first-order valence-electron chi connectivity index (χ1n) is 7.47. The summed E-state index contributed by atoms with van der Waals surface area (Å²) in [5.41, 5.74) is 1.52. The molecule has 1 aromatic rings. The molecule has 2 heterocycles. The van der Waals surface area contributed by atoms with Gasteiger partial charge in [0, 0.05) is 19.1 Å². The molecule has 0 bridgehead atoms. The lowest BCUT2D eigenvalue weighted by Gasteiger charge is -2.36. The minimum Gasteiger partial charge on any atom is -0.355 e. The van der Waals surface area contributed by atoms with Gasteiger partial charge in [-0.05, 0) is 38.9 Å². The zero-order valence-electron chi connectivity index (χ0n) is 13.2. The number of anilines is 1. The Morgan fingerprint density at radius 1 is 1.23 bits per heavy atom. The molecule has 0 saturated carbocycles. The van der Waals surface area contributed by atoms with Gasteiger partial charge >= 0.3 is 0 Å². The highest BCUT2D eigenvalue weighted by atomic mass is 35.5. The quantitative estimate of drug-likeness (QED) is 0.802. The minimum atomic E-state index is 0.197. The van der Waals surface area contributed by atoms with Gasteiger partial charge in [-0.1, -0.05) is 18.5 Å². The van der Waals surface area contributed by atoms with E-state index in [4.69, 9.17) is 11.6 Å². The van der Waals surface area contributed by atoms with Crippen molar-refractivity contribution in [2.45, 2.75) is 32.2 Å². The van der Waals surface area contributed by atoms with Crippen molar-refractivity contribution in [1.82, 2.24) is 9.88 Å². The van der Waals surface area contributed by atoms with Gasteiger partial charge in [0.25, 0.3) is 0 Å². The van der Waals surface area contributed by atoms with Crippen LogP contribution < -0.4 is 4.90 Å². The molecule has 116 valence electrons.